The second kappa shape index (κ2) is 23.5. The van der Waals surface area contributed by atoms with Crippen molar-refractivity contribution in [3.63, 3.8) is 0 Å². The third kappa shape index (κ3) is 14.3. The van der Waals surface area contributed by atoms with Crippen LogP contribution in [0.25, 0.3) is 22.3 Å². The molecule has 0 fully saturated rings. The summed E-state index contributed by atoms with van der Waals surface area (Å²) in [6.45, 7) is 15.6. The van der Waals surface area contributed by atoms with Gasteiger partial charge < -0.3 is 24.4 Å². The van der Waals surface area contributed by atoms with Gasteiger partial charge >= 0.3 is 11.9 Å². The van der Waals surface area contributed by atoms with Gasteiger partial charge in [0.25, 0.3) is 0 Å². The van der Waals surface area contributed by atoms with Gasteiger partial charge in [-0.05, 0) is 122 Å². The lowest BCUT2D eigenvalue weighted by Crippen LogP contribution is -2.16. The molecule has 0 bridgehead atoms. The Morgan fingerprint density at radius 3 is 1.72 bits per heavy atom. The molecule has 0 saturated heterocycles. The maximum absolute atomic E-state index is 12.1. The predicted octanol–water partition coefficient (Wildman–Crippen LogP) is 9.57. The number of unbranched alkanes of at least 4 members (excludes halogenated alkanes) is 3. The van der Waals surface area contributed by atoms with E-state index in [2.05, 4.69) is 81.6 Å². The second-order valence-electron chi connectivity index (χ2n) is 14.2. The maximum atomic E-state index is 12.1. The minimum atomic E-state index is -0.412. The van der Waals surface area contributed by atoms with Crippen molar-refractivity contribution in [3.05, 3.63) is 101 Å². The first-order chi connectivity index (χ1) is 25.6. The van der Waals surface area contributed by atoms with Crippen molar-refractivity contribution < 1.29 is 34.0 Å². The molecular formula is C46H62O7. The number of carbonyl (C=O) groups excluding carboxylic acids is 2. The van der Waals surface area contributed by atoms with E-state index in [1.54, 1.807) is 13.8 Å². The Hall–Kier alpha value is -4.20. The number of hydrogen-bond acceptors (Lipinski definition) is 7. The molecule has 0 heterocycles. The van der Waals surface area contributed by atoms with E-state index in [1.165, 1.54) is 47.9 Å². The molecule has 0 aromatic heterocycles. The molecule has 0 atom stereocenters. The summed E-state index contributed by atoms with van der Waals surface area (Å²) < 4.78 is 17.3. The van der Waals surface area contributed by atoms with Crippen LogP contribution in [0.3, 0.4) is 0 Å². The zero-order valence-corrected chi connectivity index (χ0v) is 32.6. The third-order valence-electron chi connectivity index (χ3n) is 9.42. The Labute approximate surface area is 318 Å². The standard InChI is InChI=1S/C46H62O7/c1-7-9-10-11-15-35-18-20-37(21-19-35)38-22-23-43(39(28-38)14-8-2)42-29-40(16-12-25-52-45(49)33(3)4)44(51-27-24-36(31-47)32-48)41(30-42)17-13-26-53-46(50)34(5)6/h18-23,28-30,36,47-48H,3,5,7-17,24-27,31-32H2,1-2,4,6H3. The smallest absolute Gasteiger partial charge is 0.333 e. The highest BCUT2D eigenvalue weighted by Crippen LogP contribution is 2.37. The molecule has 3 aromatic carbocycles. The lowest BCUT2D eigenvalue weighted by molar-refractivity contribution is -0.139. The summed E-state index contributed by atoms with van der Waals surface area (Å²) in [4.78, 5) is 24.2. The van der Waals surface area contributed by atoms with Gasteiger partial charge in [-0.25, -0.2) is 9.59 Å². The topological polar surface area (TPSA) is 102 Å². The van der Waals surface area contributed by atoms with Crippen molar-refractivity contribution >= 4 is 11.9 Å². The van der Waals surface area contributed by atoms with Crippen LogP contribution in [0.15, 0.2) is 78.9 Å². The zero-order valence-electron chi connectivity index (χ0n) is 32.6. The summed E-state index contributed by atoms with van der Waals surface area (Å²) >= 11 is 0. The number of carbonyl (C=O) groups is 2. The van der Waals surface area contributed by atoms with Crippen LogP contribution in [0.5, 0.6) is 5.75 Å². The maximum Gasteiger partial charge on any atom is 0.333 e. The molecule has 0 saturated carbocycles. The van der Waals surface area contributed by atoms with Crippen LogP contribution < -0.4 is 4.74 Å². The van der Waals surface area contributed by atoms with Gasteiger partial charge in [-0.3, -0.25) is 0 Å². The Kier molecular flexibility index (Phi) is 19.1. The summed E-state index contributed by atoms with van der Waals surface area (Å²) in [5, 5.41) is 19.3. The van der Waals surface area contributed by atoms with E-state index < -0.39 is 11.9 Å². The van der Waals surface area contributed by atoms with Gasteiger partial charge in [-0.1, -0.05) is 95.2 Å². The van der Waals surface area contributed by atoms with Gasteiger partial charge in [0.1, 0.15) is 5.75 Å². The van der Waals surface area contributed by atoms with Crippen molar-refractivity contribution in [1.82, 2.24) is 0 Å². The zero-order chi connectivity index (χ0) is 38.6. The molecule has 2 N–H and O–H groups in total. The average Bonchev–Trinajstić information content (AvgIpc) is 3.16. The normalized spacial score (nSPS) is 11.1. The van der Waals surface area contributed by atoms with Crippen molar-refractivity contribution in [2.24, 2.45) is 5.92 Å². The molecule has 3 rings (SSSR count). The SMILES string of the molecule is C=C(C)C(=O)OCCCc1cc(-c2ccc(-c3ccc(CCCCCC)cc3)cc2CCC)cc(CCCOC(=O)C(=C)C)c1OCCC(CO)CO. The molecule has 0 aliphatic rings. The van der Waals surface area contributed by atoms with Gasteiger partial charge in [0, 0.05) is 30.3 Å². The van der Waals surface area contributed by atoms with E-state index >= 15 is 0 Å². The van der Waals surface area contributed by atoms with Crippen molar-refractivity contribution in [2.75, 3.05) is 33.0 Å². The fraction of sp³-hybridized carbons (Fsp3) is 0.478. The number of hydrogen-bond donors (Lipinski definition) is 2. The van der Waals surface area contributed by atoms with Crippen LogP contribution in [0.2, 0.25) is 0 Å². The molecule has 7 nitrogen and oxygen atoms in total. The number of aryl methyl sites for hydroxylation is 4. The summed E-state index contributed by atoms with van der Waals surface area (Å²) in [5.74, 6) is -0.360. The van der Waals surface area contributed by atoms with Crippen molar-refractivity contribution in [1.29, 1.82) is 0 Å². The van der Waals surface area contributed by atoms with E-state index in [1.807, 2.05) is 0 Å². The lowest BCUT2D eigenvalue weighted by Gasteiger charge is -2.21. The largest absolute Gasteiger partial charge is 0.493 e. The molecule has 0 spiro atoms. The number of rotatable bonds is 25. The monoisotopic (exact) mass is 726 g/mol. The molecule has 288 valence electrons. The summed E-state index contributed by atoms with van der Waals surface area (Å²) in [6.07, 6.45) is 10.9. The molecule has 53 heavy (non-hydrogen) atoms. The molecule has 0 amide bonds. The Morgan fingerprint density at radius 2 is 1.19 bits per heavy atom. The number of aliphatic hydroxyl groups excluding tert-OH is 2. The van der Waals surface area contributed by atoms with E-state index in [4.69, 9.17) is 14.2 Å². The summed E-state index contributed by atoms with van der Waals surface area (Å²) in [5.41, 5.74) is 9.94. The van der Waals surface area contributed by atoms with Gasteiger partial charge in [0.2, 0.25) is 0 Å². The van der Waals surface area contributed by atoms with Crippen LogP contribution in [-0.4, -0.2) is 55.2 Å². The Balaban J connectivity index is 2.02. The molecule has 0 aliphatic carbocycles. The van der Waals surface area contributed by atoms with E-state index in [-0.39, 0.29) is 32.3 Å². The predicted molar refractivity (Wildman–Crippen MR) is 215 cm³/mol. The van der Waals surface area contributed by atoms with Gasteiger partial charge in [0.05, 0.1) is 19.8 Å². The van der Waals surface area contributed by atoms with Crippen LogP contribution in [0.4, 0.5) is 0 Å². The number of aliphatic hydroxyl groups is 2. The van der Waals surface area contributed by atoms with Crippen LogP contribution in [-0.2, 0) is 44.7 Å². The molecule has 0 unspecified atom stereocenters. The van der Waals surface area contributed by atoms with Gasteiger partial charge in [0.15, 0.2) is 0 Å². The third-order valence-corrected chi connectivity index (χ3v) is 9.42. The first-order valence-electron chi connectivity index (χ1n) is 19.5. The quantitative estimate of drug-likeness (QED) is 0.0510. The molecular weight excluding hydrogens is 664 g/mol. The number of ether oxygens (including phenoxy) is 3. The molecule has 0 aliphatic heterocycles. The van der Waals surface area contributed by atoms with Crippen molar-refractivity contribution in [2.45, 2.75) is 105 Å². The van der Waals surface area contributed by atoms with E-state index in [0.717, 1.165) is 47.3 Å². The van der Waals surface area contributed by atoms with E-state index in [0.29, 0.717) is 49.9 Å². The lowest BCUT2D eigenvalue weighted by atomic mass is 9.89. The molecule has 0 radical (unpaired) electrons. The summed E-state index contributed by atoms with van der Waals surface area (Å²) in [6, 6.07) is 20.1. The fourth-order valence-electron chi connectivity index (χ4n) is 6.29. The van der Waals surface area contributed by atoms with Gasteiger partial charge in [-0.2, -0.15) is 0 Å². The highest BCUT2D eigenvalue weighted by atomic mass is 16.5. The number of benzene rings is 3. The highest BCUT2D eigenvalue weighted by Gasteiger charge is 2.18. The van der Waals surface area contributed by atoms with E-state index in [9.17, 15) is 19.8 Å². The van der Waals surface area contributed by atoms with Gasteiger partial charge in [-0.15, -0.1) is 0 Å². The van der Waals surface area contributed by atoms with Crippen molar-refractivity contribution in [3.8, 4) is 28.0 Å². The minimum Gasteiger partial charge on any atom is -0.493 e. The first-order valence-corrected chi connectivity index (χ1v) is 19.5. The molecule has 7 heteroatoms. The summed E-state index contributed by atoms with van der Waals surface area (Å²) in [7, 11) is 0. The minimum absolute atomic E-state index is 0.125. The Bertz CT molecular complexity index is 1560. The van der Waals surface area contributed by atoms with Crippen LogP contribution in [0.1, 0.15) is 101 Å². The molecule has 3 aromatic rings. The van der Waals surface area contributed by atoms with Crippen LogP contribution in [0, 0.1) is 5.92 Å². The second-order valence-corrected chi connectivity index (χ2v) is 14.2. The van der Waals surface area contributed by atoms with Crippen LogP contribution >= 0.6 is 0 Å². The number of esters is 2. The average molecular weight is 727 g/mol. The Morgan fingerprint density at radius 1 is 0.623 bits per heavy atom. The first kappa shape index (κ1) is 43.2. The fourth-order valence-corrected chi connectivity index (χ4v) is 6.29. The highest BCUT2D eigenvalue weighted by molar-refractivity contribution is 5.87.